The average molecular weight is 632 g/mol. The number of nitrogens with one attached hydrogen (secondary N) is 4. The van der Waals surface area contributed by atoms with Crippen LogP contribution in [0.25, 0.3) is 22.4 Å². The number of pyridine rings is 1. The third kappa shape index (κ3) is 7.88. The zero-order valence-corrected chi connectivity index (χ0v) is 24.9. The van der Waals surface area contributed by atoms with Gasteiger partial charge in [0.1, 0.15) is 0 Å². The fourth-order valence-corrected chi connectivity index (χ4v) is 4.92. The Morgan fingerprint density at radius 3 is 2.41 bits per heavy atom. The van der Waals surface area contributed by atoms with Crippen LogP contribution >= 0.6 is 23.2 Å². The molecule has 0 spiro atoms. The van der Waals surface area contributed by atoms with Gasteiger partial charge in [0.15, 0.2) is 0 Å². The number of hydrogen-bond donors (Lipinski definition) is 4. The molecule has 5 rings (SSSR count). The van der Waals surface area contributed by atoms with E-state index in [1.165, 1.54) is 12.4 Å². The minimum atomic E-state index is -0.524. The van der Waals surface area contributed by atoms with Gasteiger partial charge in [0.25, 0.3) is 11.5 Å². The molecule has 0 bridgehead atoms. The lowest BCUT2D eigenvalue weighted by Crippen LogP contribution is -2.31. The standard InChI is InChI=1S/C31H28Cl2N8O3/c32-25-17-35-18-26(33)28(25)38-31(44)37-10-8-24-16-27(39-40-30(24)43)22-6-1-4-20(14-22)21-5-2-7-23(15-21)29(42)36-9-3-12-41-13-11-34-19-41/h1-2,4-7,11,13-19H,3,8-10,12H2,(H,36,42)(H,40,43)(H2,35,37,38,44). The molecule has 13 heteroatoms. The third-order valence-electron chi connectivity index (χ3n) is 6.71. The predicted octanol–water partition coefficient (Wildman–Crippen LogP) is 5.19. The lowest BCUT2D eigenvalue weighted by molar-refractivity contribution is 0.0952. The van der Waals surface area contributed by atoms with Gasteiger partial charge in [-0.15, -0.1) is 0 Å². The van der Waals surface area contributed by atoms with Crippen LogP contribution in [0.5, 0.6) is 0 Å². The quantitative estimate of drug-likeness (QED) is 0.148. The van der Waals surface area contributed by atoms with Crippen molar-refractivity contribution in [2.45, 2.75) is 19.4 Å². The van der Waals surface area contributed by atoms with Gasteiger partial charge in [-0.05, 0) is 48.2 Å². The van der Waals surface area contributed by atoms with Crippen LogP contribution in [-0.4, -0.2) is 49.8 Å². The minimum Gasteiger partial charge on any atom is -0.352 e. The summed E-state index contributed by atoms with van der Waals surface area (Å²) in [6, 6.07) is 16.2. The molecule has 0 aliphatic heterocycles. The number of aromatic amines is 1. The zero-order valence-electron chi connectivity index (χ0n) is 23.4. The molecule has 0 saturated carbocycles. The monoisotopic (exact) mass is 630 g/mol. The SMILES string of the molecule is O=C(NCCc1cc(-c2cccc(-c3cccc(C(=O)NCCCn4ccnc4)c3)c2)n[nH]c1=O)Nc1c(Cl)cncc1Cl. The van der Waals surface area contributed by atoms with E-state index in [1.54, 1.807) is 24.7 Å². The van der Waals surface area contributed by atoms with Crippen LogP contribution in [0.3, 0.4) is 0 Å². The number of aryl methyl sites for hydroxylation is 1. The van der Waals surface area contributed by atoms with Crippen LogP contribution in [0.15, 0.2) is 90.5 Å². The van der Waals surface area contributed by atoms with Gasteiger partial charge in [-0.2, -0.15) is 5.10 Å². The van der Waals surface area contributed by atoms with E-state index in [2.05, 4.69) is 36.1 Å². The number of anilines is 1. The molecule has 4 N–H and O–H groups in total. The molecule has 5 aromatic rings. The van der Waals surface area contributed by atoms with Crippen LogP contribution in [0.1, 0.15) is 22.3 Å². The highest BCUT2D eigenvalue weighted by atomic mass is 35.5. The van der Waals surface area contributed by atoms with Crippen molar-refractivity contribution in [1.29, 1.82) is 0 Å². The molecule has 2 aromatic carbocycles. The van der Waals surface area contributed by atoms with Gasteiger partial charge < -0.3 is 20.5 Å². The van der Waals surface area contributed by atoms with Crippen molar-refractivity contribution >= 4 is 40.8 Å². The van der Waals surface area contributed by atoms with Crippen molar-refractivity contribution in [3.63, 3.8) is 0 Å². The summed E-state index contributed by atoms with van der Waals surface area (Å²) in [7, 11) is 0. The molecule has 3 heterocycles. The Kier molecular flexibility index (Phi) is 10.0. The fraction of sp³-hybridized carbons (Fsp3) is 0.161. The van der Waals surface area contributed by atoms with Gasteiger partial charge in [-0.1, -0.05) is 53.5 Å². The summed E-state index contributed by atoms with van der Waals surface area (Å²) in [5.74, 6) is -0.144. The number of imidazole rings is 1. The topological polar surface area (TPSA) is 147 Å². The van der Waals surface area contributed by atoms with E-state index in [0.717, 1.165) is 29.7 Å². The Balaban J connectivity index is 1.21. The van der Waals surface area contributed by atoms with Gasteiger partial charge in [0, 0.05) is 61.1 Å². The average Bonchev–Trinajstić information content (AvgIpc) is 3.56. The zero-order chi connectivity index (χ0) is 30.9. The molecular weight excluding hydrogens is 603 g/mol. The molecule has 0 unspecified atom stereocenters. The largest absolute Gasteiger partial charge is 0.352 e. The fourth-order valence-electron chi connectivity index (χ4n) is 4.46. The van der Waals surface area contributed by atoms with Crippen LogP contribution < -0.4 is 21.5 Å². The number of H-pyrrole nitrogens is 1. The maximum atomic E-state index is 12.8. The van der Waals surface area contributed by atoms with Crippen LogP contribution in [-0.2, 0) is 13.0 Å². The highest BCUT2D eigenvalue weighted by Gasteiger charge is 2.12. The maximum Gasteiger partial charge on any atom is 0.319 e. The molecule has 0 aliphatic carbocycles. The molecule has 0 aliphatic rings. The Bertz CT molecular complexity index is 1800. The van der Waals surface area contributed by atoms with Crippen LogP contribution in [0, 0.1) is 0 Å². The van der Waals surface area contributed by atoms with E-state index in [4.69, 9.17) is 23.2 Å². The Morgan fingerprint density at radius 1 is 0.886 bits per heavy atom. The number of rotatable bonds is 11. The normalized spacial score (nSPS) is 10.8. The summed E-state index contributed by atoms with van der Waals surface area (Å²) in [6.45, 7) is 1.50. The molecule has 0 atom stereocenters. The molecule has 11 nitrogen and oxygen atoms in total. The number of amides is 3. The van der Waals surface area contributed by atoms with E-state index < -0.39 is 6.03 Å². The summed E-state index contributed by atoms with van der Waals surface area (Å²) in [6.07, 6.45) is 9.16. The summed E-state index contributed by atoms with van der Waals surface area (Å²) in [5.41, 5.74) is 4.01. The van der Waals surface area contributed by atoms with Crippen molar-refractivity contribution in [3.8, 4) is 22.4 Å². The van der Waals surface area contributed by atoms with Crippen LogP contribution in [0.2, 0.25) is 10.0 Å². The van der Waals surface area contributed by atoms with Gasteiger partial charge in [0.2, 0.25) is 0 Å². The number of hydrogen-bond acceptors (Lipinski definition) is 6. The number of carbonyl (C=O) groups excluding carboxylic acids is 2. The van der Waals surface area contributed by atoms with E-state index in [0.29, 0.717) is 23.4 Å². The summed E-state index contributed by atoms with van der Waals surface area (Å²) < 4.78 is 1.97. The highest BCUT2D eigenvalue weighted by molar-refractivity contribution is 6.39. The predicted molar refractivity (Wildman–Crippen MR) is 170 cm³/mol. The highest BCUT2D eigenvalue weighted by Crippen LogP contribution is 2.28. The van der Waals surface area contributed by atoms with Crippen molar-refractivity contribution in [3.05, 3.63) is 117 Å². The Morgan fingerprint density at radius 2 is 1.64 bits per heavy atom. The molecule has 44 heavy (non-hydrogen) atoms. The van der Waals surface area contributed by atoms with E-state index in [-0.39, 0.29) is 40.2 Å². The number of urea groups is 1. The second-order valence-electron chi connectivity index (χ2n) is 9.79. The van der Waals surface area contributed by atoms with Crippen molar-refractivity contribution < 1.29 is 9.59 Å². The number of carbonyl (C=O) groups is 2. The first-order valence-electron chi connectivity index (χ1n) is 13.7. The van der Waals surface area contributed by atoms with Gasteiger partial charge in [0.05, 0.1) is 27.8 Å². The molecular formula is C31H28Cl2N8O3. The van der Waals surface area contributed by atoms with Crippen molar-refractivity contribution in [2.75, 3.05) is 18.4 Å². The molecule has 0 fully saturated rings. The Labute approximate surface area is 262 Å². The number of halogens is 2. The molecule has 3 amide bonds. The molecule has 224 valence electrons. The second-order valence-corrected chi connectivity index (χ2v) is 10.6. The lowest BCUT2D eigenvalue weighted by atomic mass is 9.99. The minimum absolute atomic E-state index is 0.144. The van der Waals surface area contributed by atoms with Crippen molar-refractivity contribution in [1.82, 2.24) is 35.4 Å². The molecule has 0 radical (unpaired) electrons. The van der Waals surface area contributed by atoms with Crippen molar-refractivity contribution in [2.24, 2.45) is 0 Å². The summed E-state index contributed by atoms with van der Waals surface area (Å²) >= 11 is 12.1. The Hall–Kier alpha value is -5.00. The first kappa shape index (κ1) is 30.5. The third-order valence-corrected chi connectivity index (χ3v) is 7.28. The smallest absolute Gasteiger partial charge is 0.319 e. The summed E-state index contributed by atoms with van der Waals surface area (Å²) in [4.78, 5) is 45.5. The first-order chi connectivity index (χ1) is 21.4. The van der Waals surface area contributed by atoms with Crippen LogP contribution in [0.4, 0.5) is 10.5 Å². The molecule has 0 saturated heterocycles. The van der Waals surface area contributed by atoms with Gasteiger partial charge in [-0.25, -0.2) is 14.9 Å². The molecule has 3 aromatic heterocycles. The second kappa shape index (κ2) is 14.5. The number of nitrogens with zero attached hydrogens (tertiary/aromatic N) is 4. The first-order valence-corrected chi connectivity index (χ1v) is 14.5. The maximum absolute atomic E-state index is 12.8. The lowest BCUT2D eigenvalue weighted by Gasteiger charge is -2.11. The van der Waals surface area contributed by atoms with Gasteiger partial charge in [-0.3, -0.25) is 14.6 Å². The van der Waals surface area contributed by atoms with E-state index in [1.807, 2.05) is 53.2 Å². The number of benzene rings is 2. The number of aromatic nitrogens is 5. The summed E-state index contributed by atoms with van der Waals surface area (Å²) in [5, 5.41) is 15.4. The van der Waals surface area contributed by atoms with E-state index in [9.17, 15) is 14.4 Å². The van der Waals surface area contributed by atoms with E-state index >= 15 is 0 Å². The van der Waals surface area contributed by atoms with Gasteiger partial charge >= 0.3 is 6.03 Å².